The first-order chi connectivity index (χ1) is 11.2. The number of rotatable bonds is 6. The number of carbonyl (C=O) groups excluding carboxylic acids is 2. The predicted molar refractivity (Wildman–Crippen MR) is 88.0 cm³/mol. The summed E-state index contributed by atoms with van der Waals surface area (Å²) in [5.74, 6) is 0.242. The number of ether oxygens (including phenoxy) is 2. The molecule has 0 aliphatic rings. The number of hydrogen-bond donors (Lipinski definition) is 2. The molecule has 0 aliphatic carbocycles. The van der Waals surface area contributed by atoms with Crippen LogP contribution >= 0.6 is 11.3 Å². The van der Waals surface area contributed by atoms with Crippen molar-refractivity contribution in [2.75, 3.05) is 13.7 Å². The van der Waals surface area contributed by atoms with E-state index in [1.165, 1.54) is 18.4 Å². The molecule has 0 atom stereocenters. The first-order valence-electron chi connectivity index (χ1n) is 7.09. The van der Waals surface area contributed by atoms with Crippen molar-refractivity contribution >= 4 is 23.2 Å². The van der Waals surface area contributed by atoms with Crippen LogP contribution in [0.1, 0.15) is 34.1 Å². The highest BCUT2D eigenvalue weighted by atomic mass is 32.1. The summed E-state index contributed by atoms with van der Waals surface area (Å²) in [4.78, 5) is 23.9. The lowest BCUT2D eigenvalue weighted by Crippen LogP contribution is -2.41. The lowest BCUT2D eigenvalue weighted by atomic mass is 10.2. The second-order valence-electron chi connectivity index (χ2n) is 4.63. The maximum absolute atomic E-state index is 12.1. The zero-order chi connectivity index (χ0) is 16.7. The van der Waals surface area contributed by atoms with Gasteiger partial charge in [-0.3, -0.25) is 20.4 Å². The van der Waals surface area contributed by atoms with Gasteiger partial charge in [0.05, 0.1) is 19.3 Å². The molecule has 0 bridgehead atoms. The van der Waals surface area contributed by atoms with Crippen molar-refractivity contribution in [1.82, 2.24) is 10.9 Å². The highest BCUT2D eigenvalue weighted by Gasteiger charge is 2.12. The van der Waals surface area contributed by atoms with Crippen LogP contribution in [0.5, 0.6) is 11.5 Å². The summed E-state index contributed by atoms with van der Waals surface area (Å²) in [6.07, 6.45) is 0.875. The molecule has 0 saturated carbocycles. The lowest BCUT2D eigenvalue weighted by Gasteiger charge is -2.12. The van der Waals surface area contributed by atoms with Crippen LogP contribution in [-0.2, 0) is 0 Å². The summed E-state index contributed by atoms with van der Waals surface area (Å²) in [7, 11) is 1.51. The molecule has 7 heteroatoms. The van der Waals surface area contributed by atoms with Gasteiger partial charge in [-0.2, -0.15) is 11.3 Å². The largest absolute Gasteiger partial charge is 0.493 e. The van der Waals surface area contributed by atoms with Gasteiger partial charge in [0.25, 0.3) is 11.8 Å². The molecule has 6 nitrogen and oxygen atoms in total. The van der Waals surface area contributed by atoms with Crippen LogP contribution in [-0.4, -0.2) is 25.5 Å². The van der Waals surface area contributed by atoms with Gasteiger partial charge in [-0.1, -0.05) is 6.92 Å². The summed E-state index contributed by atoms with van der Waals surface area (Å²) < 4.78 is 10.8. The molecular formula is C16H18N2O4S. The lowest BCUT2D eigenvalue weighted by molar-refractivity contribution is 0.0846. The van der Waals surface area contributed by atoms with Gasteiger partial charge >= 0.3 is 0 Å². The Bertz CT molecular complexity index is 671. The Morgan fingerprint density at radius 2 is 1.83 bits per heavy atom. The fourth-order valence-electron chi connectivity index (χ4n) is 1.79. The molecule has 0 radical (unpaired) electrons. The van der Waals surface area contributed by atoms with Gasteiger partial charge in [-0.15, -0.1) is 0 Å². The molecule has 122 valence electrons. The number of amides is 2. The van der Waals surface area contributed by atoms with Crippen molar-refractivity contribution in [2.45, 2.75) is 13.3 Å². The van der Waals surface area contributed by atoms with Gasteiger partial charge in [0.1, 0.15) is 0 Å². The molecule has 1 heterocycles. The molecule has 0 fully saturated rings. The maximum Gasteiger partial charge on any atom is 0.270 e. The van der Waals surface area contributed by atoms with E-state index in [2.05, 4.69) is 10.9 Å². The van der Waals surface area contributed by atoms with Crippen LogP contribution in [0, 0.1) is 0 Å². The fraction of sp³-hybridized carbons (Fsp3) is 0.250. The van der Waals surface area contributed by atoms with Crippen LogP contribution in [0.25, 0.3) is 0 Å². The van der Waals surface area contributed by atoms with Gasteiger partial charge in [0, 0.05) is 10.9 Å². The van der Waals surface area contributed by atoms with E-state index in [0.717, 1.165) is 6.42 Å². The SMILES string of the molecule is CCCOc1ccc(C(=O)NNC(=O)c2ccsc2)cc1OC. The van der Waals surface area contributed by atoms with Crippen LogP contribution < -0.4 is 20.3 Å². The van der Waals surface area contributed by atoms with Gasteiger partial charge in [-0.25, -0.2) is 0 Å². The Morgan fingerprint density at radius 3 is 2.43 bits per heavy atom. The zero-order valence-corrected chi connectivity index (χ0v) is 13.7. The highest BCUT2D eigenvalue weighted by molar-refractivity contribution is 7.08. The van der Waals surface area contributed by atoms with E-state index in [1.807, 2.05) is 6.92 Å². The van der Waals surface area contributed by atoms with Gasteiger partial charge in [0.15, 0.2) is 11.5 Å². The number of nitrogens with one attached hydrogen (secondary N) is 2. The normalized spacial score (nSPS) is 10.0. The van der Waals surface area contributed by atoms with Crippen LogP contribution in [0.3, 0.4) is 0 Å². The second kappa shape index (κ2) is 8.19. The van der Waals surface area contributed by atoms with Gasteiger partial charge in [0.2, 0.25) is 0 Å². The number of hydrazine groups is 1. The Kier molecular flexibility index (Phi) is 5.99. The fourth-order valence-corrected chi connectivity index (χ4v) is 2.43. The molecule has 0 saturated heterocycles. The third kappa shape index (κ3) is 4.46. The topological polar surface area (TPSA) is 76.7 Å². The molecule has 2 amide bonds. The summed E-state index contributed by atoms with van der Waals surface area (Å²) >= 11 is 1.41. The van der Waals surface area contributed by atoms with Gasteiger partial charge < -0.3 is 9.47 Å². The standard InChI is InChI=1S/C16H18N2O4S/c1-3-7-22-13-5-4-11(9-14(13)21-2)15(19)17-18-16(20)12-6-8-23-10-12/h4-6,8-10H,3,7H2,1-2H3,(H,17,19)(H,18,20). The summed E-state index contributed by atoms with van der Waals surface area (Å²) in [5.41, 5.74) is 5.59. The molecule has 1 aromatic heterocycles. The minimum absolute atomic E-state index is 0.358. The number of methoxy groups -OCH3 is 1. The molecular weight excluding hydrogens is 316 g/mol. The first kappa shape index (κ1) is 16.8. The molecule has 0 unspecified atom stereocenters. The van der Waals surface area contributed by atoms with Crippen LogP contribution in [0.2, 0.25) is 0 Å². The Labute approximate surface area is 138 Å². The van der Waals surface area contributed by atoms with Crippen molar-refractivity contribution in [3.63, 3.8) is 0 Å². The Hall–Kier alpha value is -2.54. The van der Waals surface area contributed by atoms with E-state index >= 15 is 0 Å². The molecule has 0 aliphatic heterocycles. The van der Waals surface area contributed by atoms with E-state index in [9.17, 15) is 9.59 Å². The third-order valence-corrected chi connectivity index (χ3v) is 3.64. The van der Waals surface area contributed by atoms with Crippen molar-refractivity contribution in [1.29, 1.82) is 0 Å². The number of benzene rings is 1. The van der Waals surface area contributed by atoms with Crippen molar-refractivity contribution in [2.24, 2.45) is 0 Å². The number of hydrogen-bond acceptors (Lipinski definition) is 5. The molecule has 1 aromatic carbocycles. The molecule has 23 heavy (non-hydrogen) atoms. The Morgan fingerprint density at radius 1 is 1.09 bits per heavy atom. The summed E-state index contributed by atoms with van der Waals surface area (Å²) in [6.45, 7) is 2.57. The van der Waals surface area contributed by atoms with Gasteiger partial charge in [-0.05, 0) is 36.1 Å². The van der Waals surface area contributed by atoms with E-state index in [4.69, 9.17) is 9.47 Å². The summed E-state index contributed by atoms with van der Waals surface area (Å²) in [5, 5.41) is 3.49. The van der Waals surface area contributed by atoms with Crippen LogP contribution in [0.15, 0.2) is 35.0 Å². The molecule has 2 N–H and O–H groups in total. The second-order valence-corrected chi connectivity index (χ2v) is 5.41. The van der Waals surface area contributed by atoms with Crippen LogP contribution in [0.4, 0.5) is 0 Å². The van der Waals surface area contributed by atoms with Crippen molar-refractivity contribution in [3.8, 4) is 11.5 Å². The Balaban J connectivity index is 2.00. The summed E-state index contributed by atoms with van der Waals surface area (Å²) in [6, 6.07) is 6.52. The van der Waals surface area contributed by atoms with E-state index < -0.39 is 5.91 Å². The molecule has 2 rings (SSSR count). The molecule has 2 aromatic rings. The van der Waals surface area contributed by atoms with Crippen molar-refractivity contribution in [3.05, 3.63) is 46.2 Å². The van der Waals surface area contributed by atoms with E-state index in [-0.39, 0.29) is 5.91 Å². The minimum Gasteiger partial charge on any atom is -0.493 e. The smallest absolute Gasteiger partial charge is 0.270 e. The first-order valence-corrected chi connectivity index (χ1v) is 8.03. The van der Waals surface area contributed by atoms with E-state index in [0.29, 0.717) is 29.2 Å². The minimum atomic E-state index is -0.436. The number of carbonyl (C=O) groups is 2. The predicted octanol–water partition coefficient (Wildman–Crippen LogP) is 2.62. The zero-order valence-electron chi connectivity index (χ0n) is 12.9. The maximum atomic E-state index is 12.1. The molecule has 0 spiro atoms. The highest BCUT2D eigenvalue weighted by Crippen LogP contribution is 2.28. The monoisotopic (exact) mass is 334 g/mol. The average Bonchev–Trinajstić information content (AvgIpc) is 3.12. The average molecular weight is 334 g/mol. The number of thiophene rings is 1. The third-order valence-electron chi connectivity index (χ3n) is 2.96. The van der Waals surface area contributed by atoms with E-state index in [1.54, 1.807) is 35.0 Å². The van der Waals surface area contributed by atoms with Crippen molar-refractivity contribution < 1.29 is 19.1 Å². The quantitative estimate of drug-likeness (QED) is 0.796.